The lowest BCUT2D eigenvalue weighted by molar-refractivity contribution is -0.133. The van der Waals surface area contributed by atoms with E-state index in [4.69, 9.17) is 16.3 Å². The Morgan fingerprint density at radius 2 is 1.84 bits per heavy atom. The highest BCUT2D eigenvalue weighted by Crippen LogP contribution is 2.38. The first kappa shape index (κ1) is 25.4. The van der Waals surface area contributed by atoms with E-state index in [9.17, 15) is 19.1 Å². The van der Waals surface area contributed by atoms with Crippen molar-refractivity contribution in [2.75, 3.05) is 11.9 Å². The number of carbonyl (C=O) groups excluding carboxylic acids is 1. The number of aliphatic carboxylic acids is 1. The van der Waals surface area contributed by atoms with E-state index in [1.54, 1.807) is 12.1 Å². The number of hydrogen-bond donors (Lipinski definition) is 2. The van der Waals surface area contributed by atoms with Crippen LogP contribution in [0.2, 0.25) is 0 Å². The van der Waals surface area contributed by atoms with Crippen LogP contribution in [0, 0.1) is 0 Å². The molecule has 1 aromatic rings. The summed E-state index contributed by atoms with van der Waals surface area (Å²) in [5, 5.41) is 12.3. The molecule has 1 aromatic carbocycles. The van der Waals surface area contributed by atoms with Gasteiger partial charge in [0.05, 0.1) is 8.95 Å². The number of carbonyl (C=O) groups is 2. The summed E-state index contributed by atoms with van der Waals surface area (Å²) in [6.07, 6.45) is 5.25. The average molecular weight is 578 g/mol. The van der Waals surface area contributed by atoms with E-state index in [-0.39, 0.29) is 22.8 Å². The van der Waals surface area contributed by atoms with Crippen LogP contribution in [0.25, 0.3) is 0 Å². The summed E-state index contributed by atoms with van der Waals surface area (Å²) in [4.78, 5) is 24.1. The summed E-state index contributed by atoms with van der Waals surface area (Å²) < 4.78 is 20.6. The molecule has 0 saturated heterocycles. The number of rotatable bonds is 8. The highest BCUT2D eigenvalue weighted by Gasteiger charge is 2.24. The molecule has 2 N–H and O–H groups in total. The summed E-state index contributed by atoms with van der Waals surface area (Å²) in [7, 11) is 0. The van der Waals surface area contributed by atoms with Crippen LogP contribution in [0.1, 0.15) is 32.6 Å². The highest BCUT2D eigenvalue weighted by molar-refractivity contribution is 9.11. The second-order valence-corrected chi connectivity index (χ2v) is 8.86. The van der Waals surface area contributed by atoms with Crippen molar-refractivity contribution in [3.8, 4) is 5.75 Å². The van der Waals surface area contributed by atoms with Crippen molar-refractivity contribution in [3.63, 3.8) is 0 Å². The normalized spacial score (nSPS) is 15.3. The van der Waals surface area contributed by atoms with Gasteiger partial charge in [0.25, 0.3) is 5.91 Å². The molecule has 0 saturated carbocycles. The molecule has 1 amide bonds. The summed E-state index contributed by atoms with van der Waals surface area (Å²) in [6, 6.07) is 3.24. The minimum atomic E-state index is -1.06. The minimum Gasteiger partial charge on any atom is -0.486 e. The van der Waals surface area contributed by atoms with E-state index in [1.165, 1.54) is 19.1 Å². The van der Waals surface area contributed by atoms with E-state index in [0.29, 0.717) is 38.8 Å². The fourth-order valence-corrected chi connectivity index (χ4v) is 4.74. The number of benzene rings is 1. The molecule has 0 unspecified atom stereocenters. The third-order valence-corrected chi connectivity index (χ3v) is 6.12. The number of carboxylic acid groups (broad SMARTS) is 1. The lowest BCUT2D eigenvalue weighted by Gasteiger charge is -2.18. The van der Waals surface area contributed by atoms with Gasteiger partial charge in [0.2, 0.25) is 0 Å². The van der Waals surface area contributed by atoms with Gasteiger partial charge in [-0.2, -0.15) is 0 Å². The molecule has 0 atom stereocenters. The van der Waals surface area contributed by atoms with Crippen LogP contribution < -0.4 is 10.1 Å². The van der Waals surface area contributed by atoms with Crippen LogP contribution >= 0.6 is 43.5 Å². The summed E-state index contributed by atoms with van der Waals surface area (Å²) >= 11 is 12.8. The maximum atomic E-state index is 13.8. The Balaban J connectivity index is 2.21. The first-order valence-electron chi connectivity index (χ1n) is 9.38. The van der Waals surface area contributed by atoms with Crippen molar-refractivity contribution < 1.29 is 23.8 Å². The molecule has 0 fully saturated rings. The van der Waals surface area contributed by atoms with Gasteiger partial charge in [-0.3, -0.25) is 4.79 Å². The number of nitrogens with one attached hydrogen (secondary N) is 1. The number of hydrogen-bond acceptors (Lipinski definition) is 3. The van der Waals surface area contributed by atoms with E-state index in [2.05, 4.69) is 43.8 Å². The summed E-state index contributed by atoms with van der Waals surface area (Å²) in [5.74, 6) is -1.59. The number of amides is 1. The Morgan fingerprint density at radius 1 is 1.26 bits per heavy atom. The van der Waals surface area contributed by atoms with Gasteiger partial charge in [0.15, 0.2) is 0 Å². The van der Waals surface area contributed by atoms with E-state index in [0.717, 1.165) is 12.8 Å². The monoisotopic (exact) mass is 575 g/mol. The zero-order valence-corrected chi connectivity index (χ0v) is 20.7. The quantitative estimate of drug-likeness (QED) is 0.325. The molecule has 5 nitrogen and oxygen atoms in total. The van der Waals surface area contributed by atoms with Crippen molar-refractivity contribution in [2.45, 2.75) is 32.6 Å². The number of halogens is 4. The van der Waals surface area contributed by atoms with Crippen LogP contribution in [-0.2, 0) is 9.59 Å². The topological polar surface area (TPSA) is 75.6 Å². The molecule has 0 spiro atoms. The molecule has 166 valence electrons. The SMILES string of the molecule is C=C/C=C(Cl)\C(COc1c(Br)cc(NC(=O)C2=C(C(=O)O)CCCC2)cc1Br)=C(/C)F. The lowest BCUT2D eigenvalue weighted by Crippen LogP contribution is -2.21. The van der Waals surface area contributed by atoms with Gasteiger partial charge < -0.3 is 15.2 Å². The highest BCUT2D eigenvalue weighted by atomic mass is 79.9. The largest absolute Gasteiger partial charge is 0.486 e. The maximum absolute atomic E-state index is 13.8. The molecule has 0 heterocycles. The summed E-state index contributed by atoms with van der Waals surface area (Å²) in [5.41, 5.74) is 1.08. The Labute approximate surface area is 201 Å². The van der Waals surface area contributed by atoms with Crippen LogP contribution in [0.4, 0.5) is 10.1 Å². The average Bonchev–Trinajstić information content (AvgIpc) is 2.69. The van der Waals surface area contributed by atoms with Crippen LogP contribution in [0.5, 0.6) is 5.75 Å². The predicted octanol–water partition coefficient (Wildman–Crippen LogP) is 7.04. The first-order valence-corrected chi connectivity index (χ1v) is 11.3. The van der Waals surface area contributed by atoms with Crippen LogP contribution in [-0.4, -0.2) is 23.6 Å². The Kier molecular flexibility index (Phi) is 9.53. The number of allylic oxidation sites excluding steroid dienone is 3. The standard InChI is InChI=1S/C22H21Br2ClFNO4/c1-3-6-19(25)16(12(2)26)11-31-20-17(23)9-13(10-18(20)24)27-21(28)14-7-4-5-8-15(14)22(29)30/h3,6,9-10H,1,4-5,7-8,11H2,2H3,(H,27,28)(H,29,30)/b16-12+,19-6+. The summed E-state index contributed by atoms with van der Waals surface area (Å²) in [6.45, 7) is 4.70. The van der Waals surface area contributed by atoms with E-state index in [1.807, 2.05) is 0 Å². The predicted molar refractivity (Wildman–Crippen MR) is 127 cm³/mol. The molecule has 2 rings (SSSR count). The van der Waals surface area contributed by atoms with Gasteiger partial charge in [0, 0.05) is 27.4 Å². The third-order valence-electron chi connectivity index (χ3n) is 4.59. The molecule has 0 radical (unpaired) electrons. The smallest absolute Gasteiger partial charge is 0.332 e. The Bertz CT molecular complexity index is 974. The van der Waals surface area contributed by atoms with Gasteiger partial charge in [0.1, 0.15) is 18.2 Å². The van der Waals surface area contributed by atoms with Gasteiger partial charge in [-0.15, -0.1) is 0 Å². The molecule has 0 aliphatic heterocycles. The van der Waals surface area contributed by atoms with Crippen molar-refractivity contribution in [3.05, 3.63) is 67.4 Å². The molecular formula is C22H21Br2ClFNO4. The van der Waals surface area contributed by atoms with Crippen molar-refractivity contribution in [2.24, 2.45) is 0 Å². The number of carboxylic acids is 1. The Hall–Kier alpha value is -1.90. The molecule has 0 aromatic heterocycles. The lowest BCUT2D eigenvalue weighted by atomic mass is 9.91. The molecule has 0 bridgehead atoms. The van der Waals surface area contributed by atoms with E-state index < -0.39 is 17.7 Å². The number of ether oxygens (including phenoxy) is 1. The van der Waals surface area contributed by atoms with E-state index >= 15 is 0 Å². The van der Waals surface area contributed by atoms with Gasteiger partial charge >= 0.3 is 5.97 Å². The van der Waals surface area contributed by atoms with Crippen molar-refractivity contribution in [1.29, 1.82) is 0 Å². The second-order valence-electron chi connectivity index (χ2n) is 6.74. The second kappa shape index (κ2) is 11.6. The maximum Gasteiger partial charge on any atom is 0.332 e. The number of anilines is 1. The molecule has 1 aliphatic carbocycles. The fourth-order valence-electron chi connectivity index (χ4n) is 3.05. The van der Waals surface area contributed by atoms with Crippen LogP contribution in [0.3, 0.4) is 0 Å². The zero-order valence-electron chi connectivity index (χ0n) is 16.7. The minimum absolute atomic E-state index is 0.122. The van der Waals surface area contributed by atoms with Gasteiger partial charge in [-0.25, -0.2) is 9.18 Å². The zero-order chi connectivity index (χ0) is 23.1. The van der Waals surface area contributed by atoms with Crippen molar-refractivity contribution in [1.82, 2.24) is 0 Å². The molecule has 31 heavy (non-hydrogen) atoms. The van der Waals surface area contributed by atoms with Gasteiger partial charge in [-0.1, -0.05) is 24.3 Å². The molecular weight excluding hydrogens is 557 g/mol. The third kappa shape index (κ3) is 6.79. The first-order chi connectivity index (χ1) is 14.6. The molecule has 1 aliphatic rings. The van der Waals surface area contributed by atoms with Crippen LogP contribution in [0.15, 0.2) is 67.4 Å². The molecule has 9 heteroatoms. The fraction of sp³-hybridized carbons (Fsp3) is 0.273. The van der Waals surface area contributed by atoms with Crippen molar-refractivity contribution >= 4 is 61.0 Å². The van der Waals surface area contributed by atoms with Gasteiger partial charge in [-0.05, 0) is 82.7 Å². The Morgan fingerprint density at radius 3 is 2.35 bits per heavy atom.